The summed E-state index contributed by atoms with van der Waals surface area (Å²) in [5, 5.41) is 9.07. The van der Waals surface area contributed by atoms with Crippen molar-refractivity contribution in [2.75, 3.05) is 6.61 Å². The van der Waals surface area contributed by atoms with Gasteiger partial charge in [0.1, 0.15) is 12.4 Å². The molecule has 0 aliphatic carbocycles. The number of rotatable bonds is 5. The van der Waals surface area contributed by atoms with E-state index in [4.69, 9.17) is 14.6 Å². The maximum atomic E-state index is 11.1. The first-order valence-electron chi connectivity index (χ1n) is 7.99. The lowest BCUT2D eigenvalue weighted by Crippen LogP contribution is -1.98. The van der Waals surface area contributed by atoms with Gasteiger partial charge in [0.15, 0.2) is 11.5 Å². The highest BCUT2D eigenvalue weighted by Gasteiger charge is 2.08. The number of hydrogen-bond acceptors (Lipinski definition) is 3. The van der Waals surface area contributed by atoms with Crippen LogP contribution in [0.2, 0.25) is 0 Å². The normalized spacial score (nSPS) is 9.69. The fourth-order valence-corrected chi connectivity index (χ4v) is 2.25. The number of aromatic carboxylic acids is 1. The van der Waals surface area contributed by atoms with Crippen LogP contribution in [0, 0.1) is 11.8 Å². The number of carboxylic acids is 1. The minimum atomic E-state index is -1.00. The summed E-state index contributed by atoms with van der Waals surface area (Å²) in [7, 11) is 0. The Morgan fingerprint density at radius 3 is 2.38 bits per heavy atom. The molecule has 0 amide bonds. The Hall–Kier alpha value is -3.71. The second-order valence-electron chi connectivity index (χ2n) is 5.34. The minimum absolute atomic E-state index is 0.162. The molecule has 128 valence electrons. The van der Waals surface area contributed by atoms with Gasteiger partial charge in [0.2, 0.25) is 0 Å². The first kappa shape index (κ1) is 17.1. The average Bonchev–Trinajstić information content (AvgIpc) is 2.67. The lowest BCUT2D eigenvalue weighted by atomic mass is 10.2. The van der Waals surface area contributed by atoms with Gasteiger partial charge in [0.05, 0.1) is 5.56 Å². The lowest BCUT2D eigenvalue weighted by Gasteiger charge is -2.11. The van der Waals surface area contributed by atoms with Crippen LogP contribution in [-0.4, -0.2) is 17.7 Å². The van der Waals surface area contributed by atoms with Crippen LogP contribution < -0.4 is 9.47 Å². The summed E-state index contributed by atoms with van der Waals surface area (Å²) in [6.45, 7) is 0.213. The topological polar surface area (TPSA) is 55.8 Å². The van der Waals surface area contributed by atoms with Gasteiger partial charge >= 0.3 is 5.97 Å². The van der Waals surface area contributed by atoms with E-state index in [1.54, 1.807) is 24.3 Å². The highest BCUT2D eigenvalue weighted by atomic mass is 16.5. The van der Waals surface area contributed by atoms with E-state index in [0.717, 1.165) is 5.56 Å². The van der Waals surface area contributed by atoms with Crippen molar-refractivity contribution in [3.8, 4) is 29.1 Å². The van der Waals surface area contributed by atoms with E-state index >= 15 is 0 Å². The third-order valence-corrected chi connectivity index (χ3v) is 3.46. The van der Waals surface area contributed by atoms with Crippen LogP contribution in [-0.2, 0) is 0 Å². The minimum Gasteiger partial charge on any atom is -0.478 e. The predicted octanol–water partition coefficient (Wildman–Crippen LogP) is 4.61. The van der Waals surface area contributed by atoms with Crippen molar-refractivity contribution >= 4 is 5.97 Å². The molecule has 0 aromatic heterocycles. The molecule has 0 fully saturated rings. The van der Waals surface area contributed by atoms with Crippen LogP contribution in [0.15, 0.2) is 78.9 Å². The summed E-state index contributed by atoms with van der Waals surface area (Å²) in [4.78, 5) is 11.1. The molecule has 0 saturated carbocycles. The molecule has 0 aliphatic rings. The molecule has 0 heterocycles. The second kappa shape index (κ2) is 8.41. The van der Waals surface area contributed by atoms with E-state index in [1.165, 1.54) is 12.1 Å². The highest BCUT2D eigenvalue weighted by molar-refractivity contribution is 5.88. The van der Waals surface area contributed by atoms with Crippen molar-refractivity contribution in [2.45, 2.75) is 0 Å². The number of benzene rings is 3. The Morgan fingerprint density at radius 1 is 0.885 bits per heavy atom. The molecule has 1 N–H and O–H groups in total. The molecule has 4 heteroatoms. The zero-order valence-electron chi connectivity index (χ0n) is 13.9. The average molecular weight is 344 g/mol. The summed E-state index contributed by atoms with van der Waals surface area (Å²) in [6, 6.07) is 23.1. The SMILES string of the molecule is O=C(O)c1cccc(Oc2ccccc2OCC#Cc2ccccc2)c1. The van der Waals surface area contributed by atoms with Crippen LogP contribution in [0.1, 0.15) is 15.9 Å². The van der Waals surface area contributed by atoms with E-state index in [-0.39, 0.29) is 12.2 Å². The Labute approximate surface area is 151 Å². The number of hydrogen-bond donors (Lipinski definition) is 1. The van der Waals surface area contributed by atoms with Gasteiger partial charge < -0.3 is 14.6 Å². The molecule has 0 atom stereocenters. The van der Waals surface area contributed by atoms with E-state index in [9.17, 15) is 4.79 Å². The molecule has 4 nitrogen and oxygen atoms in total. The first-order chi connectivity index (χ1) is 12.7. The third kappa shape index (κ3) is 4.65. The number of para-hydroxylation sites is 2. The molecule has 0 aliphatic heterocycles. The highest BCUT2D eigenvalue weighted by Crippen LogP contribution is 2.31. The van der Waals surface area contributed by atoms with Gasteiger partial charge in [-0.15, -0.1) is 0 Å². The number of carbonyl (C=O) groups is 1. The molecular weight excluding hydrogens is 328 g/mol. The molecule has 0 saturated heterocycles. The van der Waals surface area contributed by atoms with Gasteiger partial charge in [0.25, 0.3) is 0 Å². The zero-order valence-corrected chi connectivity index (χ0v) is 13.9. The summed E-state index contributed by atoms with van der Waals surface area (Å²) < 4.78 is 11.5. The predicted molar refractivity (Wildman–Crippen MR) is 98.7 cm³/mol. The van der Waals surface area contributed by atoms with Gasteiger partial charge in [-0.25, -0.2) is 4.79 Å². The maximum absolute atomic E-state index is 11.1. The fraction of sp³-hybridized carbons (Fsp3) is 0.0455. The van der Waals surface area contributed by atoms with Gasteiger partial charge in [-0.3, -0.25) is 0 Å². The second-order valence-corrected chi connectivity index (χ2v) is 5.34. The van der Waals surface area contributed by atoms with Crippen molar-refractivity contribution in [3.05, 3.63) is 90.0 Å². The van der Waals surface area contributed by atoms with Gasteiger partial charge in [-0.1, -0.05) is 48.2 Å². The van der Waals surface area contributed by atoms with Crippen molar-refractivity contribution in [2.24, 2.45) is 0 Å². The van der Waals surface area contributed by atoms with Gasteiger partial charge in [0, 0.05) is 5.56 Å². The molecular formula is C22H16O4. The largest absolute Gasteiger partial charge is 0.478 e. The van der Waals surface area contributed by atoms with Crippen molar-refractivity contribution in [1.82, 2.24) is 0 Å². The lowest BCUT2D eigenvalue weighted by molar-refractivity contribution is 0.0696. The molecule has 3 aromatic rings. The Balaban J connectivity index is 1.69. The van der Waals surface area contributed by atoms with Crippen molar-refractivity contribution < 1.29 is 19.4 Å². The van der Waals surface area contributed by atoms with Crippen LogP contribution >= 0.6 is 0 Å². The van der Waals surface area contributed by atoms with E-state index in [2.05, 4.69) is 11.8 Å². The Bertz CT molecular complexity index is 952. The zero-order chi connectivity index (χ0) is 18.2. The molecule has 0 spiro atoms. The quantitative estimate of drug-likeness (QED) is 0.687. The van der Waals surface area contributed by atoms with Crippen LogP contribution in [0.4, 0.5) is 0 Å². The number of ether oxygens (including phenoxy) is 2. The van der Waals surface area contributed by atoms with Gasteiger partial charge in [-0.05, 0) is 42.5 Å². The van der Waals surface area contributed by atoms with E-state index < -0.39 is 5.97 Å². The van der Waals surface area contributed by atoms with Crippen LogP contribution in [0.25, 0.3) is 0 Å². The first-order valence-corrected chi connectivity index (χ1v) is 7.99. The Morgan fingerprint density at radius 2 is 1.62 bits per heavy atom. The smallest absolute Gasteiger partial charge is 0.335 e. The standard InChI is InChI=1S/C22H16O4/c23-22(24)18-11-6-12-19(16-18)26-21-14-5-4-13-20(21)25-15-7-10-17-8-2-1-3-9-17/h1-6,8-9,11-14,16H,15H2,(H,23,24). The molecule has 0 unspecified atom stereocenters. The summed E-state index contributed by atoms with van der Waals surface area (Å²) >= 11 is 0. The maximum Gasteiger partial charge on any atom is 0.335 e. The van der Waals surface area contributed by atoms with Crippen LogP contribution in [0.5, 0.6) is 17.2 Å². The van der Waals surface area contributed by atoms with Crippen molar-refractivity contribution in [3.63, 3.8) is 0 Å². The molecule has 0 bridgehead atoms. The summed E-state index contributed by atoms with van der Waals surface area (Å²) in [5.74, 6) is 6.44. The van der Waals surface area contributed by atoms with Crippen molar-refractivity contribution in [1.29, 1.82) is 0 Å². The third-order valence-electron chi connectivity index (χ3n) is 3.46. The molecule has 3 rings (SSSR count). The van der Waals surface area contributed by atoms with Crippen LogP contribution in [0.3, 0.4) is 0 Å². The summed E-state index contributed by atoms with van der Waals surface area (Å²) in [6.07, 6.45) is 0. The summed E-state index contributed by atoms with van der Waals surface area (Å²) in [5.41, 5.74) is 1.08. The van der Waals surface area contributed by atoms with E-state index in [0.29, 0.717) is 17.2 Å². The molecule has 3 aromatic carbocycles. The Kier molecular flexibility index (Phi) is 5.54. The number of carboxylic acid groups (broad SMARTS) is 1. The fourth-order valence-electron chi connectivity index (χ4n) is 2.25. The molecule has 0 radical (unpaired) electrons. The monoisotopic (exact) mass is 344 g/mol. The molecule has 26 heavy (non-hydrogen) atoms. The van der Waals surface area contributed by atoms with E-state index in [1.807, 2.05) is 42.5 Å². The van der Waals surface area contributed by atoms with Gasteiger partial charge in [-0.2, -0.15) is 0 Å².